The predicted molar refractivity (Wildman–Crippen MR) is 82.7 cm³/mol. The molecule has 2 rings (SSSR count). The van der Waals surface area contributed by atoms with Crippen LogP contribution >= 0.6 is 15.9 Å². The van der Waals surface area contributed by atoms with Gasteiger partial charge in [0.2, 0.25) is 0 Å². The Morgan fingerprint density at radius 3 is 2.75 bits per heavy atom. The highest BCUT2D eigenvalue weighted by Crippen LogP contribution is 2.31. The van der Waals surface area contributed by atoms with Gasteiger partial charge in [0.15, 0.2) is 0 Å². The van der Waals surface area contributed by atoms with Crippen LogP contribution in [0.5, 0.6) is 11.5 Å². The van der Waals surface area contributed by atoms with Gasteiger partial charge in [-0.25, -0.2) is 4.39 Å². The average Bonchev–Trinajstić information content (AvgIpc) is 2.41. The van der Waals surface area contributed by atoms with Gasteiger partial charge in [0.25, 0.3) is 0 Å². The summed E-state index contributed by atoms with van der Waals surface area (Å²) in [5, 5.41) is 3.27. The second-order valence-corrected chi connectivity index (χ2v) is 5.44. The van der Waals surface area contributed by atoms with E-state index >= 15 is 0 Å². The number of halogens is 2. The van der Waals surface area contributed by atoms with Gasteiger partial charge < -0.3 is 10.1 Å². The summed E-state index contributed by atoms with van der Waals surface area (Å²) in [6, 6.07) is 12.2. The van der Waals surface area contributed by atoms with Crippen molar-refractivity contribution in [3.05, 3.63) is 58.3 Å². The second kappa shape index (κ2) is 6.86. The third kappa shape index (κ3) is 3.81. The van der Waals surface area contributed by atoms with Gasteiger partial charge in [-0.2, -0.15) is 0 Å². The highest BCUT2D eigenvalue weighted by Gasteiger charge is 2.13. The fraction of sp³-hybridized carbons (Fsp3) is 0.250. The summed E-state index contributed by atoms with van der Waals surface area (Å²) < 4.78 is 20.3. The van der Waals surface area contributed by atoms with Crippen LogP contribution in [0.4, 0.5) is 4.39 Å². The number of rotatable bonds is 5. The van der Waals surface area contributed by atoms with Gasteiger partial charge in [-0.1, -0.05) is 28.9 Å². The summed E-state index contributed by atoms with van der Waals surface area (Å²) >= 11 is 3.41. The van der Waals surface area contributed by atoms with E-state index in [9.17, 15) is 4.39 Å². The van der Waals surface area contributed by atoms with Crippen LogP contribution < -0.4 is 10.1 Å². The first kappa shape index (κ1) is 15.0. The van der Waals surface area contributed by atoms with E-state index in [1.54, 1.807) is 6.07 Å². The Balaban J connectivity index is 2.31. The topological polar surface area (TPSA) is 21.3 Å². The zero-order valence-corrected chi connectivity index (χ0v) is 13.1. The molecule has 0 aromatic heterocycles. The zero-order chi connectivity index (χ0) is 14.5. The van der Waals surface area contributed by atoms with Crippen LogP contribution in [-0.4, -0.2) is 6.54 Å². The van der Waals surface area contributed by atoms with Gasteiger partial charge in [0.05, 0.1) is 0 Å². The van der Waals surface area contributed by atoms with Gasteiger partial charge in [-0.05, 0) is 49.9 Å². The van der Waals surface area contributed by atoms with E-state index in [-0.39, 0.29) is 11.9 Å². The molecule has 2 aromatic carbocycles. The van der Waals surface area contributed by atoms with Crippen molar-refractivity contribution < 1.29 is 9.13 Å². The van der Waals surface area contributed by atoms with E-state index in [1.165, 1.54) is 12.1 Å². The largest absolute Gasteiger partial charge is 0.457 e. The molecule has 1 atom stereocenters. The molecule has 0 fully saturated rings. The first-order chi connectivity index (χ1) is 9.60. The lowest BCUT2D eigenvalue weighted by atomic mass is 10.1. The molecule has 106 valence electrons. The molecule has 0 bridgehead atoms. The highest BCUT2D eigenvalue weighted by molar-refractivity contribution is 9.10. The maximum Gasteiger partial charge on any atom is 0.132 e. The minimum absolute atomic E-state index is 0.0258. The molecule has 0 spiro atoms. The third-order valence-electron chi connectivity index (χ3n) is 2.97. The van der Waals surface area contributed by atoms with E-state index < -0.39 is 0 Å². The molecular weight excluding hydrogens is 321 g/mol. The molecule has 2 aromatic rings. The van der Waals surface area contributed by atoms with E-state index in [0.717, 1.165) is 22.3 Å². The Bertz CT molecular complexity index is 588. The summed E-state index contributed by atoms with van der Waals surface area (Å²) in [5.74, 6) is 1.13. The van der Waals surface area contributed by atoms with Gasteiger partial charge in [-0.15, -0.1) is 0 Å². The Kier molecular flexibility index (Phi) is 5.15. The zero-order valence-electron chi connectivity index (χ0n) is 11.5. The van der Waals surface area contributed by atoms with Crippen LogP contribution in [-0.2, 0) is 0 Å². The van der Waals surface area contributed by atoms with Gasteiger partial charge >= 0.3 is 0 Å². The molecule has 0 heterocycles. The lowest BCUT2D eigenvalue weighted by molar-refractivity contribution is 0.459. The van der Waals surface area contributed by atoms with Crippen molar-refractivity contribution in [3.8, 4) is 11.5 Å². The molecular formula is C16H17BrFNO. The molecule has 2 nitrogen and oxygen atoms in total. The maximum absolute atomic E-state index is 13.5. The van der Waals surface area contributed by atoms with Gasteiger partial charge in [-0.3, -0.25) is 0 Å². The predicted octanol–water partition coefficient (Wildman–Crippen LogP) is 5.05. The second-order valence-electron chi connectivity index (χ2n) is 4.52. The molecule has 0 aliphatic carbocycles. The normalized spacial score (nSPS) is 12.2. The van der Waals surface area contributed by atoms with Crippen molar-refractivity contribution in [2.24, 2.45) is 0 Å². The maximum atomic E-state index is 13.5. The highest BCUT2D eigenvalue weighted by atomic mass is 79.9. The molecule has 4 heteroatoms. The Labute approximate surface area is 127 Å². The average molecular weight is 338 g/mol. The molecule has 0 amide bonds. The van der Waals surface area contributed by atoms with Gasteiger partial charge in [0, 0.05) is 16.1 Å². The number of hydrogen-bond acceptors (Lipinski definition) is 2. The fourth-order valence-electron chi connectivity index (χ4n) is 2.02. The molecule has 0 aliphatic heterocycles. The first-order valence-corrected chi connectivity index (χ1v) is 7.35. The number of hydrogen-bond donors (Lipinski definition) is 1. The van der Waals surface area contributed by atoms with Crippen molar-refractivity contribution in [2.75, 3.05) is 6.54 Å². The molecule has 0 saturated carbocycles. The summed E-state index contributed by atoms with van der Waals surface area (Å²) in [6.45, 7) is 4.82. The third-order valence-corrected chi connectivity index (χ3v) is 3.47. The molecule has 0 radical (unpaired) electrons. The van der Waals surface area contributed by atoms with Crippen molar-refractivity contribution in [3.63, 3.8) is 0 Å². The standard InChI is InChI=1S/C16H17BrFNO/c1-3-19-11(2)15-10-13(18)7-8-16(15)20-14-6-4-5-12(17)9-14/h4-11,19H,3H2,1-2H3. The van der Waals surface area contributed by atoms with E-state index in [0.29, 0.717) is 5.75 Å². The summed E-state index contributed by atoms with van der Waals surface area (Å²) in [5.41, 5.74) is 0.812. The minimum atomic E-state index is -0.258. The lowest BCUT2D eigenvalue weighted by Crippen LogP contribution is -2.18. The van der Waals surface area contributed by atoms with Crippen molar-refractivity contribution >= 4 is 15.9 Å². The van der Waals surface area contributed by atoms with Crippen LogP contribution in [0.25, 0.3) is 0 Å². The minimum Gasteiger partial charge on any atom is -0.457 e. The van der Waals surface area contributed by atoms with E-state index in [1.807, 2.05) is 38.1 Å². The Hall–Kier alpha value is -1.39. The smallest absolute Gasteiger partial charge is 0.132 e. The van der Waals surface area contributed by atoms with Crippen LogP contribution in [0.1, 0.15) is 25.5 Å². The van der Waals surface area contributed by atoms with Gasteiger partial charge in [0.1, 0.15) is 17.3 Å². The molecule has 1 unspecified atom stereocenters. The Morgan fingerprint density at radius 1 is 1.25 bits per heavy atom. The van der Waals surface area contributed by atoms with Crippen LogP contribution in [0, 0.1) is 5.82 Å². The number of ether oxygens (including phenoxy) is 1. The molecule has 20 heavy (non-hydrogen) atoms. The van der Waals surface area contributed by atoms with Crippen LogP contribution in [0.3, 0.4) is 0 Å². The molecule has 0 saturated heterocycles. The van der Waals surface area contributed by atoms with Crippen molar-refractivity contribution in [1.29, 1.82) is 0 Å². The molecule has 1 N–H and O–H groups in total. The first-order valence-electron chi connectivity index (χ1n) is 6.56. The van der Waals surface area contributed by atoms with Crippen molar-refractivity contribution in [2.45, 2.75) is 19.9 Å². The SMILES string of the molecule is CCNC(C)c1cc(F)ccc1Oc1cccc(Br)c1. The summed E-state index contributed by atoms with van der Waals surface area (Å²) in [6.07, 6.45) is 0. The number of nitrogens with one attached hydrogen (secondary N) is 1. The van der Waals surface area contributed by atoms with Crippen LogP contribution in [0.15, 0.2) is 46.9 Å². The lowest BCUT2D eigenvalue weighted by Gasteiger charge is -2.17. The Morgan fingerprint density at radius 2 is 2.05 bits per heavy atom. The number of benzene rings is 2. The van der Waals surface area contributed by atoms with E-state index in [4.69, 9.17) is 4.74 Å². The quantitative estimate of drug-likeness (QED) is 0.824. The monoisotopic (exact) mass is 337 g/mol. The van der Waals surface area contributed by atoms with Crippen molar-refractivity contribution in [1.82, 2.24) is 5.32 Å². The molecule has 0 aliphatic rings. The van der Waals surface area contributed by atoms with E-state index in [2.05, 4.69) is 21.2 Å². The summed E-state index contributed by atoms with van der Waals surface area (Å²) in [7, 11) is 0. The van der Waals surface area contributed by atoms with Crippen LogP contribution in [0.2, 0.25) is 0 Å². The fourth-order valence-corrected chi connectivity index (χ4v) is 2.40. The summed E-state index contributed by atoms with van der Waals surface area (Å²) in [4.78, 5) is 0.